The summed E-state index contributed by atoms with van der Waals surface area (Å²) >= 11 is 0. The van der Waals surface area contributed by atoms with Gasteiger partial charge in [0.1, 0.15) is 0 Å². The monoisotopic (exact) mass is 269 g/mol. The molecular formula is C16H19N3O. The van der Waals surface area contributed by atoms with Gasteiger partial charge in [-0.25, -0.2) is 0 Å². The van der Waals surface area contributed by atoms with E-state index < -0.39 is 0 Å². The SMILES string of the molecule is CCc1ccc(N(C)C(=O)c2cc(N)cc(N)c2)cc1. The summed E-state index contributed by atoms with van der Waals surface area (Å²) in [6.07, 6.45) is 0.976. The normalized spacial score (nSPS) is 10.3. The molecule has 4 N–H and O–H groups in total. The van der Waals surface area contributed by atoms with E-state index in [0.29, 0.717) is 16.9 Å². The number of anilines is 3. The van der Waals surface area contributed by atoms with Crippen LogP contribution in [0.1, 0.15) is 22.8 Å². The van der Waals surface area contributed by atoms with Gasteiger partial charge in [-0.1, -0.05) is 19.1 Å². The van der Waals surface area contributed by atoms with E-state index >= 15 is 0 Å². The van der Waals surface area contributed by atoms with Crippen LogP contribution in [0.3, 0.4) is 0 Å². The molecule has 2 aromatic carbocycles. The van der Waals surface area contributed by atoms with E-state index in [0.717, 1.165) is 12.1 Å². The second kappa shape index (κ2) is 5.65. The molecule has 0 aromatic heterocycles. The number of carbonyl (C=O) groups excluding carboxylic acids is 1. The molecule has 0 atom stereocenters. The van der Waals surface area contributed by atoms with Crippen molar-refractivity contribution in [3.8, 4) is 0 Å². The van der Waals surface area contributed by atoms with Crippen LogP contribution in [0.4, 0.5) is 17.1 Å². The maximum absolute atomic E-state index is 12.4. The van der Waals surface area contributed by atoms with E-state index in [9.17, 15) is 4.79 Å². The number of hydrogen-bond acceptors (Lipinski definition) is 3. The lowest BCUT2D eigenvalue weighted by Crippen LogP contribution is -2.26. The van der Waals surface area contributed by atoms with Crippen LogP contribution in [0.15, 0.2) is 42.5 Å². The number of nitrogens with zero attached hydrogens (tertiary/aromatic N) is 1. The predicted molar refractivity (Wildman–Crippen MR) is 83.8 cm³/mol. The van der Waals surface area contributed by atoms with Gasteiger partial charge in [0.25, 0.3) is 5.91 Å². The second-order valence-corrected chi connectivity index (χ2v) is 4.77. The van der Waals surface area contributed by atoms with Crippen LogP contribution in [0, 0.1) is 0 Å². The Labute approximate surface area is 119 Å². The fourth-order valence-corrected chi connectivity index (χ4v) is 2.07. The molecule has 0 spiro atoms. The zero-order valence-electron chi connectivity index (χ0n) is 11.8. The van der Waals surface area contributed by atoms with Crippen LogP contribution in [0.5, 0.6) is 0 Å². The third-order valence-electron chi connectivity index (χ3n) is 3.26. The Balaban J connectivity index is 2.27. The first-order chi connectivity index (χ1) is 9.51. The Morgan fingerprint density at radius 1 is 1.05 bits per heavy atom. The lowest BCUT2D eigenvalue weighted by molar-refractivity contribution is 0.0993. The maximum atomic E-state index is 12.4. The minimum atomic E-state index is -0.131. The third-order valence-corrected chi connectivity index (χ3v) is 3.26. The van der Waals surface area contributed by atoms with E-state index in [4.69, 9.17) is 11.5 Å². The molecular weight excluding hydrogens is 250 g/mol. The molecule has 0 unspecified atom stereocenters. The second-order valence-electron chi connectivity index (χ2n) is 4.77. The molecule has 0 heterocycles. The molecule has 1 amide bonds. The van der Waals surface area contributed by atoms with E-state index in [1.54, 1.807) is 30.1 Å². The smallest absolute Gasteiger partial charge is 0.258 e. The number of amides is 1. The van der Waals surface area contributed by atoms with Gasteiger partial charge in [-0.3, -0.25) is 4.79 Å². The van der Waals surface area contributed by atoms with Gasteiger partial charge >= 0.3 is 0 Å². The minimum Gasteiger partial charge on any atom is -0.399 e. The number of carbonyl (C=O) groups is 1. The van der Waals surface area contributed by atoms with Gasteiger partial charge in [0.2, 0.25) is 0 Å². The third kappa shape index (κ3) is 2.91. The van der Waals surface area contributed by atoms with E-state index in [-0.39, 0.29) is 5.91 Å². The first-order valence-corrected chi connectivity index (χ1v) is 6.54. The standard InChI is InChI=1S/C16H19N3O/c1-3-11-4-6-15(7-5-11)19(2)16(20)12-8-13(17)10-14(18)9-12/h4-10H,3,17-18H2,1-2H3. The van der Waals surface area contributed by atoms with Crippen molar-refractivity contribution >= 4 is 23.0 Å². The first kappa shape index (κ1) is 13.9. The van der Waals surface area contributed by atoms with Crippen molar-refractivity contribution in [3.05, 3.63) is 53.6 Å². The van der Waals surface area contributed by atoms with Crippen LogP contribution >= 0.6 is 0 Å². The molecule has 20 heavy (non-hydrogen) atoms. The highest BCUT2D eigenvalue weighted by Crippen LogP contribution is 2.20. The van der Waals surface area contributed by atoms with Crippen LogP contribution in [-0.4, -0.2) is 13.0 Å². The fraction of sp³-hybridized carbons (Fsp3) is 0.188. The van der Waals surface area contributed by atoms with Crippen molar-refractivity contribution in [2.24, 2.45) is 0 Å². The van der Waals surface area contributed by atoms with Gasteiger partial charge in [-0.05, 0) is 42.3 Å². The highest BCUT2D eigenvalue weighted by molar-refractivity contribution is 6.06. The minimum absolute atomic E-state index is 0.131. The zero-order chi connectivity index (χ0) is 14.7. The molecule has 0 aliphatic heterocycles. The lowest BCUT2D eigenvalue weighted by atomic mass is 10.1. The average Bonchev–Trinajstić information content (AvgIpc) is 2.45. The molecule has 4 nitrogen and oxygen atoms in total. The lowest BCUT2D eigenvalue weighted by Gasteiger charge is -2.18. The Kier molecular flexibility index (Phi) is 3.94. The number of aryl methyl sites for hydroxylation is 1. The van der Waals surface area contributed by atoms with Crippen molar-refractivity contribution in [2.75, 3.05) is 23.4 Å². The molecule has 0 bridgehead atoms. The van der Waals surface area contributed by atoms with E-state index in [1.165, 1.54) is 5.56 Å². The highest BCUT2D eigenvalue weighted by atomic mass is 16.2. The van der Waals surface area contributed by atoms with Crippen LogP contribution in [0.25, 0.3) is 0 Å². The average molecular weight is 269 g/mol. The Morgan fingerprint density at radius 3 is 2.10 bits per heavy atom. The van der Waals surface area contributed by atoms with Gasteiger partial charge in [-0.15, -0.1) is 0 Å². The molecule has 0 saturated carbocycles. The maximum Gasteiger partial charge on any atom is 0.258 e. The zero-order valence-corrected chi connectivity index (χ0v) is 11.8. The molecule has 0 fully saturated rings. The Hall–Kier alpha value is -2.49. The molecule has 104 valence electrons. The fourth-order valence-electron chi connectivity index (χ4n) is 2.07. The molecule has 4 heteroatoms. The molecule has 0 aliphatic carbocycles. The van der Waals surface area contributed by atoms with Gasteiger partial charge in [0.05, 0.1) is 0 Å². The van der Waals surface area contributed by atoms with Gasteiger partial charge < -0.3 is 16.4 Å². The number of nitrogens with two attached hydrogens (primary N) is 2. The Bertz CT molecular complexity index is 600. The van der Waals surface area contributed by atoms with E-state index in [2.05, 4.69) is 6.92 Å². The summed E-state index contributed by atoms with van der Waals surface area (Å²) in [6, 6.07) is 12.8. The van der Waals surface area contributed by atoms with Crippen molar-refractivity contribution in [1.82, 2.24) is 0 Å². The molecule has 2 aromatic rings. The van der Waals surface area contributed by atoms with Gasteiger partial charge in [0, 0.05) is 29.7 Å². The quantitative estimate of drug-likeness (QED) is 0.841. The van der Waals surface area contributed by atoms with Crippen molar-refractivity contribution in [1.29, 1.82) is 0 Å². The first-order valence-electron chi connectivity index (χ1n) is 6.54. The van der Waals surface area contributed by atoms with Gasteiger partial charge in [-0.2, -0.15) is 0 Å². The molecule has 0 aliphatic rings. The summed E-state index contributed by atoms with van der Waals surface area (Å²) in [4.78, 5) is 14.0. The number of hydrogen-bond donors (Lipinski definition) is 2. The van der Waals surface area contributed by atoms with Crippen molar-refractivity contribution < 1.29 is 4.79 Å². The van der Waals surface area contributed by atoms with Crippen LogP contribution in [0.2, 0.25) is 0 Å². The summed E-state index contributed by atoms with van der Waals surface area (Å²) in [5, 5.41) is 0. The Morgan fingerprint density at radius 2 is 1.60 bits per heavy atom. The largest absolute Gasteiger partial charge is 0.399 e. The number of benzene rings is 2. The highest BCUT2D eigenvalue weighted by Gasteiger charge is 2.14. The molecule has 0 saturated heterocycles. The summed E-state index contributed by atoms with van der Waals surface area (Å²) < 4.78 is 0. The summed E-state index contributed by atoms with van der Waals surface area (Å²) in [7, 11) is 1.74. The van der Waals surface area contributed by atoms with Crippen molar-refractivity contribution in [3.63, 3.8) is 0 Å². The number of nitrogen functional groups attached to an aromatic ring is 2. The predicted octanol–water partition coefficient (Wildman–Crippen LogP) is 2.69. The van der Waals surface area contributed by atoms with E-state index in [1.807, 2.05) is 24.3 Å². The van der Waals surface area contributed by atoms with Crippen LogP contribution in [-0.2, 0) is 6.42 Å². The summed E-state index contributed by atoms with van der Waals surface area (Å²) in [6.45, 7) is 2.10. The summed E-state index contributed by atoms with van der Waals surface area (Å²) in [5.41, 5.74) is 15.0. The summed E-state index contributed by atoms with van der Waals surface area (Å²) in [5.74, 6) is -0.131. The number of rotatable bonds is 3. The molecule has 0 radical (unpaired) electrons. The van der Waals surface area contributed by atoms with Crippen molar-refractivity contribution in [2.45, 2.75) is 13.3 Å². The van der Waals surface area contributed by atoms with Gasteiger partial charge in [0.15, 0.2) is 0 Å². The van der Waals surface area contributed by atoms with Crippen LogP contribution < -0.4 is 16.4 Å². The topological polar surface area (TPSA) is 72.3 Å². The molecule has 2 rings (SSSR count).